The minimum absolute atomic E-state index is 0.350. The van der Waals surface area contributed by atoms with Crippen LogP contribution in [0.2, 0.25) is 0 Å². The molecule has 0 bridgehead atoms. The second-order valence-corrected chi connectivity index (χ2v) is 5.44. The van der Waals surface area contributed by atoms with Gasteiger partial charge in [-0.1, -0.05) is 24.3 Å². The van der Waals surface area contributed by atoms with Crippen LogP contribution in [-0.2, 0) is 12.2 Å². The lowest BCUT2D eigenvalue weighted by molar-refractivity contribution is 0.0785. The number of primary amides is 1. The zero-order chi connectivity index (χ0) is 15.5. The molecule has 0 aliphatic rings. The fourth-order valence-corrected chi connectivity index (χ4v) is 1.94. The molecule has 1 amide bonds. The Bertz CT molecular complexity index is 627. The third-order valence-electron chi connectivity index (χ3n) is 3.18. The van der Waals surface area contributed by atoms with Crippen molar-refractivity contribution in [3.63, 3.8) is 0 Å². The Balaban J connectivity index is 2.03. The van der Waals surface area contributed by atoms with Gasteiger partial charge in [0.2, 0.25) is 5.91 Å². The number of carbonyl (C=O) groups is 1. The van der Waals surface area contributed by atoms with E-state index in [-0.39, 0.29) is 0 Å². The van der Waals surface area contributed by atoms with Crippen molar-refractivity contribution >= 4 is 5.91 Å². The van der Waals surface area contributed by atoms with Gasteiger partial charge in [-0.3, -0.25) is 4.79 Å². The summed E-state index contributed by atoms with van der Waals surface area (Å²) in [5.74, 6) is 0.249. The van der Waals surface area contributed by atoms with Gasteiger partial charge in [-0.15, -0.1) is 0 Å². The van der Waals surface area contributed by atoms with Crippen molar-refractivity contribution in [1.82, 2.24) is 0 Å². The number of hydrogen-bond acceptors (Lipinski definition) is 3. The number of ether oxygens (including phenoxy) is 1. The number of aliphatic hydroxyl groups is 1. The van der Waals surface area contributed by atoms with Gasteiger partial charge in [0.25, 0.3) is 0 Å². The molecule has 0 aromatic heterocycles. The number of benzene rings is 2. The molecule has 4 heteroatoms. The molecule has 2 rings (SSSR count). The molecule has 0 atom stereocenters. The van der Waals surface area contributed by atoms with E-state index in [2.05, 4.69) is 0 Å². The fourth-order valence-electron chi connectivity index (χ4n) is 1.94. The third-order valence-corrected chi connectivity index (χ3v) is 3.18. The van der Waals surface area contributed by atoms with Crippen LogP contribution in [0.15, 0.2) is 48.5 Å². The van der Waals surface area contributed by atoms with Crippen LogP contribution in [-0.4, -0.2) is 11.0 Å². The number of rotatable bonds is 5. The zero-order valence-corrected chi connectivity index (χ0v) is 12.2. The van der Waals surface area contributed by atoms with Gasteiger partial charge in [-0.2, -0.15) is 0 Å². The first-order valence-corrected chi connectivity index (χ1v) is 6.71. The molecule has 4 nitrogen and oxygen atoms in total. The molecule has 21 heavy (non-hydrogen) atoms. The van der Waals surface area contributed by atoms with E-state index < -0.39 is 11.5 Å². The van der Waals surface area contributed by atoms with Crippen molar-refractivity contribution in [3.8, 4) is 5.75 Å². The molecule has 0 radical (unpaired) electrons. The van der Waals surface area contributed by atoms with Gasteiger partial charge in [0.05, 0.1) is 5.60 Å². The number of nitrogens with two attached hydrogens (primary N) is 1. The second kappa shape index (κ2) is 5.97. The van der Waals surface area contributed by atoms with Crippen LogP contribution in [0.1, 0.15) is 35.3 Å². The lowest BCUT2D eigenvalue weighted by Gasteiger charge is -2.18. The maximum Gasteiger partial charge on any atom is 0.248 e. The van der Waals surface area contributed by atoms with Gasteiger partial charge in [-0.05, 0) is 49.2 Å². The summed E-state index contributed by atoms with van der Waals surface area (Å²) in [6.45, 7) is 3.82. The quantitative estimate of drug-likeness (QED) is 0.887. The number of amides is 1. The Morgan fingerprint density at radius 1 is 1.19 bits per heavy atom. The molecule has 0 aliphatic carbocycles. The molecule has 3 N–H and O–H groups in total. The Morgan fingerprint density at radius 2 is 1.86 bits per heavy atom. The van der Waals surface area contributed by atoms with E-state index in [0.717, 1.165) is 11.1 Å². The van der Waals surface area contributed by atoms with Crippen LogP contribution in [0.4, 0.5) is 0 Å². The maximum absolute atomic E-state index is 11.1. The monoisotopic (exact) mass is 285 g/mol. The number of carbonyl (C=O) groups excluding carboxylic acids is 1. The van der Waals surface area contributed by atoms with Crippen LogP contribution >= 0.6 is 0 Å². The summed E-state index contributed by atoms with van der Waals surface area (Å²) >= 11 is 0. The zero-order valence-electron chi connectivity index (χ0n) is 12.2. The average molecular weight is 285 g/mol. The second-order valence-electron chi connectivity index (χ2n) is 5.44. The lowest BCUT2D eigenvalue weighted by atomic mass is 9.99. The van der Waals surface area contributed by atoms with E-state index in [1.165, 1.54) is 0 Å². The summed E-state index contributed by atoms with van der Waals surface area (Å²) in [7, 11) is 0. The molecule has 0 heterocycles. The summed E-state index contributed by atoms with van der Waals surface area (Å²) in [5.41, 5.74) is 6.54. The lowest BCUT2D eigenvalue weighted by Crippen LogP contribution is -2.15. The van der Waals surface area contributed by atoms with Crippen LogP contribution in [0.5, 0.6) is 5.75 Å². The summed E-state index contributed by atoms with van der Waals surface area (Å²) < 4.78 is 5.66. The molecular formula is C17H19NO3. The highest BCUT2D eigenvalue weighted by Gasteiger charge is 2.15. The van der Waals surface area contributed by atoms with Crippen LogP contribution in [0.25, 0.3) is 0 Å². The average Bonchev–Trinajstić information content (AvgIpc) is 2.45. The van der Waals surface area contributed by atoms with Crippen molar-refractivity contribution in [2.75, 3.05) is 0 Å². The molecular weight excluding hydrogens is 266 g/mol. The van der Waals surface area contributed by atoms with Crippen LogP contribution < -0.4 is 10.5 Å². The molecule has 0 saturated carbocycles. The first kappa shape index (κ1) is 15.1. The van der Waals surface area contributed by atoms with Crippen molar-refractivity contribution in [2.45, 2.75) is 26.1 Å². The van der Waals surface area contributed by atoms with Crippen LogP contribution in [0.3, 0.4) is 0 Å². The largest absolute Gasteiger partial charge is 0.489 e. The molecule has 110 valence electrons. The molecule has 0 fully saturated rings. The first-order chi connectivity index (χ1) is 9.86. The van der Waals surface area contributed by atoms with Crippen molar-refractivity contribution in [2.24, 2.45) is 5.73 Å². The standard InChI is InChI=1S/C17H19NO3/c1-17(2,20)14-6-8-15(9-7-14)21-11-12-4-3-5-13(10-12)16(18)19/h3-10,20H,11H2,1-2H3,(H2,18,19). The SMILES string of the molecule is CC(C)(O)c1ccc(OCc2cccc(C(N)=O)c2)cc1. The van der Waals surface area contributed by atoms with Crippen LogP contribution in [0, 0.1) is 0 Å². The topological polar surface area (TPSA) is 72.6 Å². The Hall–Kier alpha value is -2.33. The predicted octanol–water partition coefficient (Wildman–Crippen LogP) is 2.59. The van der Waals surface area contributed by atoms with Gasteiger partial charge in [-0.25, -0.2) is 0 Å². The molecule has 2 aromatic rings. The highest BCUT2D eigenvalue weighted by molar-refractivity contribution is 5.92. The highest BCUT2D eigenvalue weighted by Crippen LogP contribution is 2.22. The van der Waals surface area contributed by atoms with Crippen molar-refractivity contribution in [1.29, 1.82) is 0 Å². The molecule has 0 spiro atoms. The normalized spacial score (nSPS) is 11.2. The van der Waals surface area contributed by atoms with E-state index in [1.807, 2.05) is 30.3 Å². The third kappa shape index (κ3) is 4.07. The van der Waals surface area contributed by atoms with E-state index in [1.54, 1.807) is 32.0 Å². The predicted molar refractivity (Wildman–Crippen MR) is 81.0 cm³/mol. The van der Waals surface area contributed by atoms with E-state index in [9.17, 15) is 9.90 Å². The minimum atomic E-state index is -0.867. The van der Waals surface area contributed by atoms with Crippen molar-refractivity contribution in [3.05, 3.63) is 65.2 Å². The number of hydrogen-bond donors (Lipinski definition) is 2. The highest BCUT2D eigenvalue weighted by atomic mass is 16.5. The Kier molecular flexibility index (Phi) is 4.29. The van der Waals surface area contributed by atoms with Gasteiger partial charge < -0.3 is 15.6 Å². The Labute approximate surface area is 124 Å². The molecule has 2 aromatic carbocycles. The van der Waals surface area contributed by atoms with E-state index in [4.69, 9.17) is 10.5 Å². The first-order valence-electron chi connectivity index (χ1n) is 6.71. The fraction of sp³-hybridized carbons (Fsp3) is 0.235. The van der Waals surface area contributed by atoms with E-state index in [0.29, 0.717) is 17.9 Å². The summed E-state index contributed by atoms with van der Waals surface area (Å²) in [6.07, 6.45) is 0. The molecule has 0 saturated heterocycles. The summed E-state index contributed by atoms with van der Waals surface area (Å²) in [6, 6.07) is 14.3. The smallest absolute Gasteiger partial charge is 0.248 e. The molecule has 0 unspecified atom stereocenters. The maximum atomic E-state index is 11.1. The summed E-state index contributed by atoms with van der Waals surface area (Å²) in [5, 5.41) is 9.89. The molecule has 0 aliphatic heterocycles. The minimum Gasteiger partial charge on any atom is -0.489 e. The summed E-state index contributed by atoms with van der Waals surface area (Å²) in [4.78, 5) is 11.1. The van der Waals surface area contributed by atoms with Crippen molar-refractivity contribution < 1.29 is 14.6 Å². The Morgan fingerprint density at radius 3 is 2.43 bits per heavy atom. The van der Waals surface area contributed by atoms with Gasteiger partial charge >= 0.3 is 0 Å². The van der Waals surface area contributed by atoms with Gasteiger partial charge in [0.1, 0.15) is 12.4 Å². The van der Waals surface area contributed by atoms with Gasteiger partial charge in [0, 0.05) is 5.56 Å². The van der Waals surface area contributed by atoms with Gasteiger partial charge in [0.15, 0.2) is 0 Å². The van der Waals surface area contributed by atoms with E-state index >= 15 is 0 Å².